The Labute approximate surface area is 260 Å². The second-order valence-corrected chi connectivity index (χ2v) is 12.5. The van der Waals surface area contributed by atoms with Gasteiger partial charge in [0.25, 0.3) is 0 Å². The lowest BCUT2D eigenvalue weighted by atomic mass is 9.78. The first kappa shape index (κ1) is 28.2. The first-order valence-electron chi connectivity index (χ1n) is 15.3. The molecule has 6 aromatic rings. The number of anilines is 3. The van der Waals surface area contributed by atoms with E-state index in [4.69, 9.17) is 9.31 Å². The van der Waals surface area contributed by atoms with Crippen molar-refractivity contribution in [1.82, 2.24) is 0 Å². The van der Waals surface area contributed by atoms with E-state index >= 15 is 0 Å². The van der Waals surface area contributed by atoms with Gasteiger partial charge >= 0.3 is 7.12 Å². The number of nitrogens with zero attached hydrogens (tertiary/aromatic N) is 1. The number of benzene rings is 6. The molecule has 1 aliphatic heterocycles. The van der Waals surface area contributed by atoms with Gasteiger partial charge in [0.15, 0.2) is 0 Å². The zero-order valence-electron chi connectivity index (χ0n) is 25.7. The van der Waals surface area contributed by atoms with Crippen LogP contribution in [-0.2, 0) is 9.31 Å². The Morgan fingerprint density at radius 1 is 0.432 bits per heavy atom. The van der Waals surface area contributed by atoms with Gasteiger partial charge < -0.3 is 14.2 Å². The van der Waals surface area contributed by atoms with Crippen LogP contribution in [0.25, 0.3) is 33.0 Å². The van der Waals surface area contributed by atoms with E-state index in [9.17, 15) is 0 Å². The predicted molar refractivity (Wildman–Crippen MR) is 185 cm³/mol. The minimum absolute atomic E-state index is 0.372. The van der Waals surface area contributed by atoms with Crippen molar-refractivity contribution >= 4 is 40.4 Å². The first-order valence-corrected chi connectivity index (χ1v) is 15.3. The van der Waals surface area contributed by atoms with Crippen LogP contribution in [0, 0.1) is 0 Å². The molecule has 44 heavy (non-hydrogen) atoms. The highest BCUT2D eigenvalue weighted by Crippen LogP contribution is 2.39. The lowest BCUT2D eigenvalue weighted by molar-refractivity contribution is 0.00578. The maximum Gasteiger partial charge on any atom is 0.494 e. The van der Waals surface area contributed by atoms with Gasteiger partial charge in [-0.3, -0.25) is 0 Å². The van der Waals surface area contributed by atoms with Crippen molar-refractivity contribution < 1.29 is 9.31 Å². The monoisotopic (exact) mass is 573 g/mol. The van der Waals surface area contributed by atoms with E-state index in [1.54, 1.807) is 0 Å². The number of hydrogen-bond donors (Lipinski definition) is 0. The Kier molecular flexibility index (Phi) is 7.12. The molecule has 0 amide bonds. The minimum atomic E-state index is -0.383. The van der Waals surface area contributed by atoms with Crippen molar-refractivity contribution in [1.29, 1.82) is 0 Å². The Morgan fingerprint density at radius 2 is 0.841 bits per heavy atom. The summed E-state index contributed by atoms with van der Waals surface area (Å²) in [5.74, 6) is 0. The van der Waals surface area contributed by atoms with E-state index in [1.807, 2.05) is 0 Å². The smallest absolute Gasteiger partial charge is 0.399 e. The van der Waals surface area contributed by atoms with E-state index in [2.05, 4.69) is 178 Å². The van der Waals surface area contributed by atoms with Gasteiger partial charge in [0.1, 0.15) is 0 Å². The van der Waals surface area contributed by atoms with Crippen LogP contribution in [0.15, 0.2) is 146 Å². The number of hydrogen-bond acceptors (Lipinski definition) is 3. The van der Waals surface area contributed by atoms with Gasteiger partial charge in [-0.15, -0.1) is 0 Å². The summed E-state index contributed by atoms with van der Waals surface area (Å²) < 4.78 is 12.7. The molecule has 6 aromatic carbocycles. The molecular formula is C40H36BNO2. The van der Waals surface area contributed by atoms with E-state index in [0.717, 1.165) is 33.3 Å². The lowest BCUT2D eigenvalue weighted by Crippen LogP contribution is -2.41. The van der Waals surface area contributed by atoms with Gasteiger partial charge in [-0.05, 0) is 103 Å². The van der Waals surface area contributed by atoms with E-state index in [-0.39, 0.29) is 18.3 Å². The van der Waals surface area contributed by atoms with Gasteiger partial charge in [0.2, 0.25) is 0 Å². The maximum atomic E-state index is 6.33. The molecule has 4 heteroatoms. The summed E-state index contributed by atoms with van der Waals surface area (Å²) in [7, 11) is -0.383. The lowest BCUT2D eigenvalue weighted by Gasteiger charge is -2.32. The average Bonchev–Trinajstić information content (AvgIpc) is 3.28. The second-order valence-electron chi connectivity index (χ2n) is 12.5. The Bertz CT molecular complexity index is 1800. The number of rotatable bonds is 6. The minimum Gasteiger partial charge on any atom is -0.399 e. The molecule has 0 unspecified atom stereocenters. The molecule has 1 fully saturated rings. The molecule has 0 saturated carbocycles. The van der Waals surface area contributed by atoms with Crippen LogP contribution >= 0.6 is 0 Å². The Morgan fingerprint density at radius 3 is 1.34 bits per heavy atom. The number of fused-ring (bicyclic) bond motifs is 1. The zero-order valence-corrected chi connectivity index (χ0v) is 25.7. The molecule has 0 aliphatic carbocycles. The second kappa shape index (κ2) is 11.1. The van der Waals surface area contributed by atoms with Crippen molar-refractivity contribution in [3.8, 4) is 22.3 Å². The molecule has 3 nitrogen and oxygen atoms in total. The molecule has 0 atom stereocenters. The summed E-state index contributed by atoms with van der Waals surface area (Å²) in [4.78, 5) is 2.32. The molecule has 1 saturated heterocycles. The average molecular weight is 574 g/mol. The molecule has 0 bridgehead atoms. The molecule has 0 spiro atoms. The fourth-order valence-electron chi connectivity index (χ4n) is 5.83. The van der Waals surface area contributed by atoms with Crippen molar-refractivity contribution in [3.63, 3.8) is 0 Å². The van der Waals surface area contributed by atoms with Crippen LogP contribution in [0.5, 0.6) is 0 Å². The summed E-state index contributed by atoms with van der Waals surface area (Å²) >= 11 is 0. The first-order chi connectivity index (χ1) is 21.3. The van der Waals surface area contributed by atoms with Crippen LogP contribution < -0.4 is 10.4 Å². The highest BCUT2D eigenvalue weighted by atomic mass is 16.7. The molecule has 0 radical (unpaired) electrons. The van der Waals surface area contributed by atoms with Gasteiger partial charge in [0, 0.05) is 17.1 Å². The molecule has 0 N–H and O–H groups in total. The maximum absolute atomic E-state index is 6.33. The fourth-order valence-corrected chi connectivity index (χ4v) is 5.83. The van der Waals surface area contributed by atoms with Crippen LogP contribution in [0.1, 0.15) is 27.7 Å². The van der Waals surface area contributed by atoms with Crippen LogP contribution in [-0.4, -0.2) is 18.3 Å². The van der Waals surface area contributed by atoms with Crippen LogP contribution in [0.4, 0.5) is 17.1 Å². The fraction of sp³-hybridized carbons (Fsp3) is 0.150. The van der Waals surface area contributed by atoms with Crippen molar-refractivity contribution in [3.05, 3.63) is 146 Å². The molecule has 1 heterocycles. The van der Waals surface area contributed by atoms with E-state index in [0.29, 0.717) is 0 Å². The van der Waals surface area contributed by atoms with Crippen molar-refractivity contribution in [2.45, 2.75) is 38.9 Å². The van der Waals surface area contributed by atoms with Gasteiger partial charge in [-0.2, -0.15) is 0 Å². The third kappa shape index (κ3) is 5.32. The normalized spacial score (nSPS) is 15.4. The molecule has 7 rings (SSSR count). The summed E-state index contributed by atoms with van der Waals surface area (Å²) in [6, 6.07) is 51.8. The van der Waals surface area contributed by atoms with Crippen molar-refractivity contribution in [2.24, 2.45) is 0 Å². The standard InChI is InChI=1S/C40H36BNO2/c1-39(2)40(3,4)44-41(43-39)35-21-15-34-28-38(26-20-33(34)27-35)42(36-22-16-31(17-23-36)29-11-7-5-8-12-29)37-24-18-32(19-25-37)30-13-9-6-10-14-30/h5-28H,1-4H3. The predicted octanol–water partition coefficient (Wildman–Crippen LogP) is 9.94. The summed E-state index contributed by atoms with van der Waals surface area (Å²) in [5.41, 5.74) is 8.41. The van der Waals surface area contributed by atoms with Gasteiger partial charge in [0.05, 0.1) is 11.2 Å². The molecule has 1 aliphatic rings. The summed E-state index contributed by atoms with van der Waals surface area (Å²) in [6.07, 6.45) is 0. The third-order valence-electron chi connectivity index (χ3n) is 9.10. The van der Waals surface area contributed by atoms with E-state index < -0.39 is 0 Å². The van der Waals surface area contributed by atoms with Crippen LogP contribution in [0.2, 0.25) is 0 Å². The highest BCUT2D eigenvalue weighted by Gasteiger charge is 2.51. The molecule has 216 valence electrons. The highest BCUT2D eigenvalue weighted by molar-refractivity contribution is 6.62. The molecule has 0 aromatic heterocycles. The van der Waals surface area contributed by atoms with Crippen LogP contribution in [0.3, 0.4) is 0 Å². The topological polar surface area (TPSA) is 21.7 Å². The zero-order chi connectivity index (χ0) is 30.3. The Balaban J connectivity index is 1.26. The van der Waals surface area contributed by atoms with Gasteiger partial charge in [-0.25, -0.2) is 0 Å². The largest absolute Gasteiger partial charge is 0.494 e. The summed E-state index contributed by atoms with van der Waals surface area (Å²) in [6.45, 7) is 8.36. The molecular weight excluding hydrogens is 537 g/mol. The van der Waals surface area contributed by atoms with Crippen molar-refractivity contribution in [2.75, 3.05) is 4.90 Å². The summed E-state index contributed by atoms with van der Waals surface area (Å²) in [5, 5.41) is 2.31. The Hall–Kier alpha value is -4.64. The van der Waals surface area contributed by atoms with E-state index in [1.165, 1.54) is 22.3 Å². The SMILES string of the molecule is CC1(C)OB(c2ccc3cc(N(c4ccc(-c5ccccc5)cc4)c4ccc(-c5ccccc5)cc4)ccc3c2)OC1(C)C. The third-order valence-corrected chi connectivity index (χ3v) is 9.10. The quantitative estimate of drug-likeness (QED) is 0.185. The van der Waals surface area contributed by atoms with Gasteiger partial charge in [-0.1, -0.05) is 109 Å².